The summed E-state index contributed by atoms with van der Waals surface area (Å²) in [5, 5.41) is 4.02. The number of nitrogens with one attached hydrogen (secondary N) is 1. The van der Waals surface area contributed by atoms with Crippen LogP contribution in [0, 0.1) is 6.92 Å². The van der Waals surface area contributed by atoms with Crippen molar-refractivity contribution in [1.29, 1.82) is 0 Å². The van der Waals surface area contributed by atoms with Crippen molar-refractivity contribution in [3.05, 3.63) is 81.5 Å². The fourth-order valence-electron chi connectivity index (χ4n) is 2.65. The van der Waals surface area contributed by atoms with Gasteiger partial charge in [-0.3, -0.25) is 4.79 Å². The van der Waals surface area contributed by atoms with Gasteiger partial charge in [0.2, 0.25) is 0 Å². The molecule has 1 atom stereocenters. The molecular formula is C20H17Cl2NO2. The molecule has 0 unspecified atom stereocenters. The van der Waals surface area contributed by atoms with Gasteiger partial charge >= 0.3 is 0 Å². The van der Waals surface area contributed by atoms with Gasteiger partial charge in [0.1, 0.15) is 11.5 Å². The van der Waals surface area contributed by atoms with Crippen molar-refractivity contribution < 1.29 is 9.21 Å². The Labute approximate surface area is 156 Å². The van der Waals surface area contributed by atoms with E-state index in [0.717, 1.165) is 11.1 Å². The zero-order valence-corrected chi connectivity index (χ0v) is 15.4. The molecule has 3 rings (SSSR count). The maximum Gasteiger partial charge on any atom is 0.255 e. The second-order valence-corrected chi connectivity index (χ2v) is 6.72. The lowest BCUT2D eigenvalue weighted by Gasteiger charge is -2.13. The third-order valence-corrected chi connectivity index (χ3v) is 4.39. The summed E-state index contributed by atoms with van der Waals surface area (Å²) in [5.41, 5.74) is 2.27. The van der Waals surface area contributed by atoms with Crippen LogP contribution >= 0.6 is 23.2 Å². The van der Waals surface area contributed by atoms with Gasteiger partial charge in [0.15, 0.2) is 0 Å². The van der Waals surface area contributed by atoms with Gasteiger partial charge in [-0.2, -0.15) is 0 Å². The van der Waals surface area contributed by atoms with Gasteiger partial charge < -0.3 is 9.73 Å². The van der Waals surface area contributed by atoms with Crippen LogP contribution in [-0.4, -0.2) is 5.91 Å². The van der Waals surface area contributed by atoms with E-state index in [2.05, 4.69) is 5.32 Å². The minimum absolute atomic E-state index is 0.105. The van der Waals surface area contributed by atoms with Crippen LogP contribution < -0.4 is 5.32 Å². The lowest BCUT2D eigenvalue weighted by atomic mass is 10.1. The number of hydrogen-bond donors (Lipinski definition) is 1. The Morgan fingerprint density at radius 1 is 1.04 bits per heavy atom. The Kier molecular flexibility index (Phi) is 5.16. The molecule has 0 bridgehead atoms. The van der Waals surface area contributed by atoms with Crippen molar-refractivity contribution in [3.63, 3.8) is 0 Å². The van der Waals surface area contributed by atoms with Crippen molar-refractivity contribution in [2.45, 2.75) is 19.9 Å². The average molecular weight is 374 g/mol. The second kappa shape index (κ2) is 7.34. The Morgan fingerprint density at radius 3 is 2.32 bits per heavy atom. The van der Waals surface area contributed by atoms with Crippen LogP contribution in [0.2, 0.25) is 10.0 Å². The second-order valence-electron chi connectivity index (χ2n) is 5.84. The molecule has 0 aliphatic heterocycles. The summed E-state index contributed by atoms with van der Waals surface area (Å²) in [6.07, 6.45) is 0. The Bertz CT molecular complexity index is 883. The molecule has 0 aliphatic carbocycles. The van der Waals surface area contributed by atoms with E-state index in [4.69, 9.17) is 27.6 Å². The quantitative estimate of drug-likeness (QED) is 0.604. The van der Waals surface area contributed by atoms with Crippen molar-refractivity contribution in [3.8, 4) is 11.3 Å². The highest BCUT2D eigenvalue weighted by Gasteiger charge is 2.18. The number of rotatable bonds is 4. The Hall–Kier alpha value is -2.23. The van der Waals surface area contributed by atoms with Crippen LogP contribution in [0.3, 0.4) is 0 Å². The first-order chi connectivity index (χ1) is 11.9. The van der Waals surface area contributed by atoms with Gasteiger partial charge in [-0.15, -0.1) is 0 Å². The maximum absolute atomic E-state index is 12.6. The van der Waals surface area contributed by atoms with E-state index in [1.54, 1.807) is 31.2 Å². The van der Waals surface area contributed by atoms with E-state index >= 15 is 0 Å². The number of carbonyl (C=O) groups excluding carboxylic acids is 1. The summed E-state index contributed by atoms with van der Waals surface area (Å²) in [6, 6.07) is 16.6. The molecule has 3 aromatic rings. The fourth-order valence-corrected chi connectivity index (χ4v) is 3.17. The SMILES string of the molecule is Cc1oc(-c2cc(Cl)cc(Cl)c2)cc1C(=O)N[C@@H](C)c1ccccc1. The van der Waals surface area contributed by atoms with E-state index in [1.807, 2.05) is 37.3 Å². The fraction of sp³-hybridized carbons (Fsp3) is 0.150. The van der Waals surface area contributed by atoms with Crippen molar-refractivity contribution >= 4 is 29.1 Å². The van der Waals surface area contributed by atoms with E-state index in [-0.39, 0.29) is 11.9 Å². The number of benzene rings is 2. The largest absolute Gasteiger partial charge is 0.461 e. The monoisotopic (exact) mass is 373 g/mol. The third-order valence-electron chi connectivity index (χ3n) is 3.96. The van der Waals surface area contributed by atoms with Gasteiger partial charge in [0, 0.05) is 15.6 Å². The van der Waals surface area contributed by atoms with E-state index < -0.39 is 0 Å². The van der Waals surface area contributed by atoms with Crippen LogP contribution in [0.4, 0.5) is 0 Å². The lowest BCUT2D eigenvalue weighted by Crippen LogP contribution is -2.26. The molecule has 25 heavy (non-hydrogen) atoms. The number of halogens is 2. The molecule has 0 saturated carbocycles. The first kappa shape index (κ1) is 17.6. The van der Waals surface area contributed by atoms with Gasteiger partial charge in [0.05, 0.1) is 11.6 Å². The smallest absolute Gasteiger partial charge is 0.255 e. The van der Waals surface area contributed by atoms with Crippen LogP contribution in [0.5, 0.6) is 0 Å². The first-order valence-corrected chi connectivity index (χ1v) is 8.62. The summed E-state index contributed by atoms with van der Waals surface area (Å²) >= 11 is 12.1. The van der Waals surface area contributed by atoms with E-state index in [0.29, 0.717) is 27.1 Å². The molecule has 0 saturated heterocycles. The zero-order chi connectivity index (χ0) is 18.0. The molecule has 1 amide bonds. The van der Waals surface area contributed by atoms with Crippen molar-refractivity contribution in [2.24, 2.45) is 0 Å². The highest BCUT2D eigenvalue weighted by Crippen LogP contribution is 2.30. The topological polar surface area (TPSA) is 42.2 Å². The number of furan rings is 1. The number of amides is 1. The van der Waals surface area contributed by atoms with Crippen LogP contribution in [0.1, 0.15) is 34.6 Å². The Balaban J connectivity index is 1.83. The minimum Gasteiger partial charge on any atom is -0.461 e. The first-order valence-electron chi connectivity index (χ1n) is 7.87. The third kappa shape index (κ3) is 4.06. The number of aryl methyl sites for hydroxylation is 1. The maximum atomic E-state index is 12.6. The molecule has 3 nitrogen and oxygen atoms in total. The minimum atomic E-state index is -0.183. The summed E-state index contributed by atoms with van der Waals surface area (Å²) in [6.45, 7) is 3.71. The van der Waals surface area contributed by atoms with Gasteiger partial charge in [-0.1, -0.05) is 53.5 Å². The van der Waals surface area contributed by atoms with Crippen LogP contribution in [0.15, 0.2) is 59.0 Å². The molecule has 5 heteroatoms. The van der Waals surface area contributed by atoms with Gasteiger partial charge in [-0.05, 0) is 43.7 Å². The molecule has 2 aromatic carbocycles. The highest BCUT2D eigenvalue weighted by molar-refractivity contribution is 6.35. The standard InChI is InChI=1S/C20H17Cl2NO2/c1-12(14-6-4-3-5-7-14)23-20(24)18-11-19(25-13(18)2)15-8-16(21)10-17(22)9-15/h3-12H,1-2H3,(H,23,24)/t12-/m0/s1. The molecule has 0 fully saturated rings. The van der Waals surface area contributed by atoms with Crippen LogP contribution in [0.25, 0.3) is 11.3 Å². The lowest BCUT2D eigenvalue weighted by molar-refractivity contribution is 0.0938. The van der Waals surface area contributed by atoms with Crippen molar-refractivity contribution in [1.82, 2.24) is 5.32 Å². The molecular weight excluding hydrogens is 357 g/mol. The van der Waals surface area contributed by atoms with Crippen LogP contribution in [-0.2, 0) is 0 Å². The number of carbonyl (C=O) groups is 1. The van der Waals surface area contributed by atoms with E-state index in [9.17, 15) is 4.79 Å². The average Bonchev–Trinajstić information content (AvgIpc) is 2.97. The van der Waals surface area contributed by atoms with Gasteiger partial charge in [0.25, 0.3) is 5.91 Å². The Morgan fingerprint density at radius 2 is 1.68 bits per heavy atom. The normalized spacial score (nSPS) is 12.0. The predicted molar refractivity (Wildman–Crippen MR) is 101 cm³/mol. The molecule has 1 aromatic heterocycles. The molecule has 1 N–H and O–H groups in total. The molecule has 128 valence electrons. The zero-order valence-electron chi connectivity index (χ0n) is 13.8. The van der Waals surface area contributed by atoms with E-state index in [1.165, 1.54) is 0 Å². The summed E-state index contributed by atoms with van der Waals surface area (Å²) in [5.74, 6) is 0.917. The highest BCUT2D eigenvalue weighted by atomic mass is 35.5. The van der Waals surface area contributed by atoms with Gasteiger partial charge in [-0.25, -0.2) is 0 Å². The predicted octanol–water partition coefficient (Wildman–Crippen LogP) is 6.05. The molecule has 0 radical (unpaired) electrons. The molecule has 1 heterocycles. The molecule has 0 spiro atoms. The summed E-state index contributed by atoms with van der Waals surface area (Å²) in [4.78, 5) is 12.6. The number of hydrogen-bond acceptors (Lipinski definition) is 2. The summed E-state index contributed by atoms with van der Waals surface area (Å²) < 4.78 is 5.74. The summed E-state index contributed by atoms with van der Waals surface area (Å²) in [7, 11) is 0. The molecule has 0 aliphatic rings. The van der Waals surface area contributed by atoms with Crippen molar-refractivity contribution in [2.75, 3.05) is 0 Å².